The van der Waals surface area contributed by atoms with Crippen LogP contribution < -0.4 is 19.9 Å². The van der Waals surface area contributed by atoms with Crippen LogP contribution in [0.4, 0.5) is 0 Å². The molecule has 2 aromatic heterocycles. The Morgan fingerprint density at radius 1 is 0.944 bits per heavy atom. The summed E-state index contributed by atoms with van der Waals surface area (Å²) < 4.78 is 17.6. The zero-order valence-electron chi connectivity index (χ0n) is 20.5. The number of carbonyl (C=O) groups is 2. The number of thiophene rings is 1. The molecule has 2 aromatic carbocycles. The fourth-order valence-corrected chi connectivity index (χ4v) is 5.01. The highest BCUT2D eigenvalue weighted by Crippen LogP contribution is 2.39. The van der Waals surface area contributed by atoms with E-state index in [0.717, 1.165) is 10.9 Å². The van der Waals surface area contributed by atoms with Crippen molar-refractivity contribution in [1.29, 1.82) is 0 Å². The third-order valence-electron chi connectivity index (χ3n) is 5.86. The fourth-order valence-electron chi connectivity index (χ4n) is 3.97. The van der Waals surface area contributed by atoms with Crippen molar-refractivity contribution in [2.45, 2.75) is 19.8 Å². The molecule has 0 fully saturated rings. The summed E-state index contributed by atoms with van der Waals surface area (Å²) in [5, 5.41) is 3.10. The number of fused-ring (bicyclic) bond motifs is 1. The summed E-state index contributed by atoms with van der Waals surface area (Å²) >= 11 is 1.64. The molecule has 0 aliphatic rings. The van der Waals surface area contributed by atoms with Gasteiger partial charge in [0.15, 0.2) is 23.1 Å². The fraction of sp³-hybridized carbons (Fsp3) is 0.250. The summed E-state index contributed by atoms with van der Waals surface area (Å²) in [7, 11) is 3.09. The van der Waals surface area contributed by atoms with E-state index >= 15 is 0 Å². The van der Waals surface area contributed by atoms with Crippen LogP contribution in [0, 0.1) is 6.92 Å². The number of hydrogen-bond donors (Lipinski definition) is 1. The number of nitrogens with two attached hydrogens (primary N) is 1. The molecule has 2 heterocycles. The van der Waals surface area contributed by atoms with Crippen molar-refractivity contribution in [1.82, 2.24) is 4.98 Å². The number of rotatable bonds is 11. The minimum absolute atomic E-state index is 0.0365. The van der Waals surface area contributed by atoms with E-state index in [1.54, 1.807) is 48.8 Å². The lowest BCUT2D eigenvalue weighted by Gasteiger charge is -2.11. The van der Waals surface area contributed by atoms with Gasteiger partial charge in [-0.25, -0.2) is 4.98 Å². The second-order valence-electron chi connectivity index (χ2n) is 8.20. The van der Waals surface area contributed by atoms with Crippen LogP contribution in [-0.2, 0) is 0 Å². The largest absolute Gasteiger partial charge is 0.494 e. The first-order valence-electron chi connectivity index (χ1n) is 11.6. The van der Waals surface area contributed by atoms with Crippen molar-refractivity contribution in [3.05, 3.63) is 70.7 Å². The Kier molecular flexibility index (Phi) is 7.97. The highest BCUT2D eigenvalue weighted by atomic mass is 32.1. The molecular weight excluding hydrogens is 476 g/mol. The maximum absolute atomic E-state index is 13.0. The molecule has 2 N–H and O–H groups in total. The number of benzene rings is 2. The lowest BCUT2D eigenvalue weighted by molar-refractivity contribution is 0.0915. The van der Waals surface area contributed by atoms with Gasteiger partial charge in [-0.3, -0.25) is 9.59 Å². The van der Waals surface area contributed by atoms with Gasteiger partial charge >= 0.3 is 0 Å². The zero-order chi connectivity index (χ0) is 25.7. The first-order chi connectivity index (χ1) is 17.5. The molecular formula is C28H28N2O5S. The van der Waals surface area contributed by atoms with Gasteiger partial charge in [0.05, 0.1) is 14.2 Å². The van der Waals surface area contributed by atoms with E-state index in [9.17, 15) is 9.59 Å². The van der Waals surface area contributed by atoms with E-state index in [1.807, 2.05) is 17.5 Å². The van der Waals surface area contributed by atoms with Gasteiger partial charge < -0.3 is 19.9 Å². The zero-order valence-corrected chi connectivity index (χ0v) is 21.3. The van der Waals surface area contributed by atoms with Crippen LogP contribution in [0.3, 0.4) is 0 Å². The van der Waals surface area contributed by atoms with Crippen molar-refractivity contribution in [2.24, 2.45) is 5.73 Å². The van der Waals surface area contributed by atoms with Crippen LogP contribution in [-0.4, -0.2) is 43.9 Å². The molecule has 186 valence electrons. The van der Waals surface area contributed by atoms with E-state index in [2.05, 4.69) is 18.0 Å². The monoisotopic (exact) mass is 504 g/mol. The first kappa shape index (κ1) is 25.3. The predicted octanol–water partition coefficient (Wildman–Crippen LogP) is 5.47. The Bertz CT molecular complexity index is 1410. The van der Waals surface area contributed by atoms with Crippen molar-refractivity contribution < 1.29 is 23.8 Å². The summed E-state index contributed by atoms with van der Waals surface area (Å²) in [5.41, 5.74) is 8.95. The Morgan fingerprint density at radius 3 is 2.44 bits per heavy atom. The summed E-state index contributed by atoms with van der Waals surface area (Å²) in [6, 6.07) is 14.5. The van der Waals surface area contributed by atoms with E-state index in [0.29, 0.717) is 47.4 Å². The predicted molar refractivity (Wildman–Crippen MR) is 142 cm³/mol. The number of ketones is 2. The Labute approximate surface area is 213 Å². The second kappa shape index (κ2) is 11.3. The van der Waals surface area contributed by atoms with Gasteiger partial charge in [-0.2, -0.15) is 0 Å². The lowest BCUT2D eigenvalue weighted by Crippen LogP contribution is -2.11. The quantitative estimate of drug-likeness (QED) is 0.270. The molecule has 0 atom stereocenters. The Balaban J connectivity index is 1.52. The van der Waals surface area contributed by atoms with Crippen LogP contribution in [0.15, 0.2) is 53.9 Å². The molecule has 0 aliphatic carbocycles. The Hall–Kier alpha value is -3.75. The molecule has 0 bridgehead atoms. The van der Waals surface area contributed by atoms with E-state index in [1.165, 1.54) is 17.4 Å². The SMILES string of the molecule is COc1cc(C(=O)CCC(=O)c2ccc(OC)c(-c3csc4c(C)cccc34)n2)ccc1OCCN. The van der Waals surface area contributed by atoms with Crippen molar-refractivity contribution in [2.75, 3.05) is 27.4 Å². The molecule has 0 aliphatic heterocycles. The molecule has 0 saturated heterocycles. The van der Waals surface area contributed by atoms with Gasteiger partial charge in [0.25, 0.3) is 0 Å². The maximum Gasteiger partial charge on any atom is 0.181 e. The number of aromatic nitrogens is 1. The third-order valence-corrected chi connectivity index (χ3v) is 6.99. The molecule has 4 rings (SSSR count). The molecule has 0 radical (unpaired) electrons. The molecule has 36 heavy (non-hydrogen) atoms. The summed E-state index contributed by atoms with van der Waals surface area (Å²) in [6.45, 7) is 2.78. The van der Waals surface area contributed by atoms with Gasteiger partial charge in [0.2, 0.25) is 0 Å². The summed E-state index contributed by atoms with van der Waals surface area (Å²) in [4.78, 5) is 30.5. The number of Topliss-reactive ketones (excluding diaryl/α,β-unsaturated/α-hetero) is 2. The number of hydrogen-bond acceptors (Lipinski definition) is 8. The van der Waals surface area contributed by atoms with Crippen LogP contribution in [0.1, 0.15) is 39.3 Å². The standard InChI is InChI=1S/C28H28N2O5S/c1-17-5-4-6-19-20(16-36-28(17)19)27-25(33-2)12-8-21(30-27)23(32)10-9-22(31)18-7-11-24(35-14-13-29)26(15-18)34-3/h4-8,11-12,15-16H,9-10,13-14,29H2,1-3H3. The lowest BCUT2D eigenvalue weighted by atomic mass is 10.0. The normalized spacial score (nSPS) is 10.9. The number of ether oxygens (including phenoxy) is 3. The third kappa shape index (κ3) is 5.24. The second-order valence-corrected chi connectivity index (χ2v) is 9.08. The molecule has 0 unspecified atom stereocenters. The number of pyridine rings is 1. The number of methoxy groups -OCH3 is 2. The van der Waals surface area contributed by atoms with Crippen molar-refractivity contribution >= 4 is 33.0 Å². The van der Waals surface area contributed by atoms with Gasteiger partial charge in [-0.1, -0.05) is 18.2 Å². The van der Waals surface area contributed by atoms with E-state index in [4.69, 9.17) is 19.9 Å². The van der Waals surface area contributed by atoms with E-state index < -0.39 is 0 Å². The summed E-state index contributed by atoms with van der Waals surface area (Å²) in [5.74, 6) is 1.17. The van der Waals surface area contributed by atoms with Crippen LogP contribution >= 0.6 is 11.3 Å². The molecule has 0 spiro atoms. The van der Waals surface area contributed by atoms with Gasteiger partial charge in [-0.15, -0.1) is 11.3 Å². The number of carbonyl (C=O) groups excluding carboxylic acids is 2. The van der Waals surface area contributed by atoms with Crippen LogP contribution in [0.5, 0.6) is 17.2 Å². The van der Waals surface area contributed by atoms with Crippen LogP contribution in [0.25, 0.3) is 21.3 Å². The average Bonchev–Trinajstić information content (AvgIpc) is 3.35. The Morgan fingerprint density at radius 2 is 1.69 bits per heavy atom. The first-order valence-corrected chi connectivity index (χ1v) is 12.4. The minimum atomic E-state index is -0.210. The highest BCUT2D eigenvalue weighted by Gasteiger charge is 2.19. The van der Waals surface area contributed by atoms with Crippen molar-refractivity contribution in [3.63, 3.8) is 0 Å². The summed E-state index contributed by atoms with van der Waals surface area (Å²) in [6.07, 6.45) is 0.0868. The maximum atomic E-state index is 13.0. The molecule has 0 amide bonds. The number of aryl methyl sites for hydroxylation is 1. The van der Waals surface area contributed by atoms with Crippen LogP contribution in [0.2, 0.25) is 0 Å². The topological polar surface area (TPSA) is 101 Å². The number of nitrogens with zero attached hydrogens (tertiary/aromatic N) is 1. The van der Waals surface area contributed by atoms with Gasteiger partial charge in [0, 0.05) is 46.0 Å². The molecule has 4 aromatic rings. The smallest absolute Gasteiger partial charge is 0.181 e. The molecule has 8 heteroatoms. The van der Waals surface area contributed by atoms with Crippen molar-refractivity contribution in [3.8, 4) is 28.5 Å². The molecule has 7 nitrogen and oxygen atoms in total. The highest BCUT2D eigenvalue weighted by molar-refractivity contribution is 7.18. The van der Waals surface area contributed by atoms with E-state index in [-0.39, 0.29) is 24.4 Å². The average molecular weight is 505 g/mol. The van der Waals surface area contributed by atoms with Gasteiger partial charge in [0.1, 0.15) is 23.7 Å². The minimum Gasteiger partial charge on any atom is -0.494 e. The van der Waals surface area contributed by atoms with Gasteiger partial charge in [-0.05, 0) is 42.8 Å². The molecule has 0 saturated carbocycles.